The lowest BCUT2D eigenvalue weighted by atomic mass is 10.1. The third kappa shape index (κ3) is 4.73. The summed E-state index contributed by atoms with van der Waals surface area (Å²) in [5.74, 6) is -0.933. The Morgan fingerprint density at radius 3 is 2.68 bits per heavy atom. The van der Waals surface area contributed by atoms with Gasteiger partial charge < -0.3 is 14.6 Å². The Morgan fingerprint density at radius 2 is 2.08 bits per heavy atom. The van der Waals surface area contributed by atoms with Crippen molar-refractivity contribution in [3.05, 3.63) is 17.5 Å². The summed E-state index contributed by atoms with van der Waals surface area (Å²) in [6, 6.07) is 0. The molecule has 25 heavy (non-hydrogen) atoms. The molecule has 0 saturated carbocycles. The highest BCUT2D eigenvalue weighted by molar-refractivity contribution is 7.91. The average molecular weight is 383 g/mol. The molecule has 11 heteroatoms. The average Bonchev–Trinajstić information content (AvgIpc) is 2.78. The van der Waals surface area contributed by atoms with Crippen LogP contribution in [0, 0.1) is 0 Å². The highest BCUT2D eigenvalue weighted by atomic mass is 32.2. The molecule has 0 aromatic carbocycles. The van der Waals surface area contributed by atoms with Crippen LogP contribution in [0.2, 0.25) is 0 Å². The van der Waals surface area contributed by atoms with E-state index >= 15 is 0 Å². The minimum Gasteiger partial charge on any atom is -0.464 e. The number of aromatic nitrogens is 1. The zero-order valence-electron chi connectivity index (χ0n) is 13.9. The Kier molecular flexibility index (Phi) is 5.79. The van der Waals surface area contributed by atoms with Gasteiger partial charge in [-0.25, -0.2) is 13.2 Å². The molecular weight excluding hydrogens is 363 g/mol. The van der Waals surface area contributed by atoms with E-state index in [1.807, 2.05) is 0 Å². The molecule has 0 amide bonds. The van der Waals surface area contributed by atoms with Crippen LogP contribution in [0.4, 0.5) is 13.2 Å². The third-order valence-electron chi connectivity index (χ3n) is 3.92. The second-order valence-electron chi connectivity index (χ2n) is 5.83. The Bertz CT molecular complexity index is 743. The largest absolute Gasteiger partial charge is 0.464 e. The molecule has 0 atom stereocenters. The van der Waals surface area contributed by atoms with Crippen LogP contribution < -0.4 is 5.32 Å². The predicted molar refractivity (Wildman–Crippen MR) is 83.0 cm³/mol. The number of nitrogens with one attached hydrogen (secondary N) is 1. The van der Waals surface area contributed by atoms with Crippen molar-refractivity contribution in [1.82, 2.24) is 14.8 Å². The molecule has 7 nitrogen and oxygen atoms in total. The number of carbonyl (C=O) groups is 1. The van der Waals surface area contributed by atoms with Crippen LogP contribution in [0.25, 0.3) is 0 Å². The lowest BCUT2D eigenvalue weighted by Gasteiger charge is -2.20. The molecule has 0 spiro atoms. The number of hydrogen-bond donors (Lipinski definition) is 1. The summed E-state index contributed by atoms with van der Waals surface area (Å²) < 4.78 is 67.6. The van der Waals surface area contributed by atoms with Crippen molar-refractivity contribution < 1.29 is 31.1 Å². The minimum absolute atomic E-state index is 0.0108. The van der Waals surface area contributed by atoms with Gasteiger partial charge in [-0.2, -0.15) is 13.2 Å². The van der Waals surface area contributed by atoms with Crippen LogP contribution in [-0.2, 0) is 28.0 Å². The molecule has 1 aliphatic rings. The number of alkyl halides is 3. The molecule has 0 aliphatic carbocycles. The molecule has 142 valence electrons. The molecule has 1 N–H and O–H groups in total. The molecule has 1 aromatic rings. The van der Waals surface area contributed by atoms with Gasteiger partial charge in [0.15, 0.2) is 9.84 Å². The first-order chi connectivity index (χ1) is 11.5. The number of nitrogens with zero attached hydrogens (tertiary/aromatic N) is 2. The van der Waals surface area contributed by atoms with Crippen LogP contribution in [0.3, 0.4) is 0 Å². The first-order valence-corrected chi connectivity index (χ1v) is 9.19. The second-order valence-corrected chi connectivity index (χ2v) is 7.75. The summed E-state index contributed by atoms with van der Waals surface area (Å²) in [6.07, 6.45) is -2.64. The van der Waals surface area contributed by atoms with Crippen LogP contribution in [-0.4, -0.2) is 69.2 Å². The van der Waals surface area contributed by atoms with E-state index in [4.69, 9.17) is 4.74 Å². The van der Waals surface area contributed by atoms with E-state index in [1.165, 1.54) is 17.9 Å². The van der Waals surface area contributed by atoms with E-state index in [1.54, 1.807) is 11.9 Å². The number of hydrogen-bond acceptors (Lipinski definition) is 6. The van der Waals surface area contributed by atoms with Gasteiger partial charge in [-0.1, -0.05) is 0 Å². The van der Waals surface area contributed by atoms with E-state index in [-0.39, 0.29) is 29.6 Å². The summed E-state index contributed by atoms with van der Waals surface area (Å²) in [4.78, 5) is 13.5. The van der Waals surface area contributed by atoms with Crippen molar-refractivity contribution in [3.8, 4) is 0 Å². The highest BCUT2D eigenvalue weighted by Crippen LogP contribution is 2.27. The van der Waals surface area contributed by atoms with Crippen molar-refractivity contribution in [2.45, 2.75) is 17.5 Å². The summed E-state index contributed by atoms with van der Waals surface area (Å²) >= 11 is 0. The zero-order valence-corrected chi connectivity index (χ0v) is 14.7. The molecule has 0 saturated heterocycles. The SMILES string of the molecule is COC(=O)c1c2c(cn1C)S(=O)(=O)CN(CCNCC(F)(F)F)CC2. The van der Waals surface area contributed by atoms with Crippen LogP contribution in [0.5, 0.6) is 0 Å². The minimum atomic E-state index is -4.31. The van der Waals surface area contributed by atoms with Crippen LogP contribution in [0.15, 0.2) is 11.1 Å². The number of esters is 1. The van der Waals surface area contributed by atoms with Crippen molar-refractivity contribution in [2.75, 3.05) is 39.2 Å². The van der Waals surface area contributed by atoms with E-state index in [9.17, 15) is 26.4 Å². The number of rotatable bonds is 5. The number of halogens is 3. The van der Waals surface area contributed by atoms with E-state index in [0.717, 1.165) is 0 Å². The molecule has 0 radical (unpaired) electrons. The molecular formula is C14H20F3N3O4S. The fourth-order valence-electron chi connectivity index (χ4n) is 2.81. The summed E-state index contributed by atoms with van der Waals surface area (Å²) in [6.45, 7) is -0.648. The van der Waals surface area contributed by atoms with Gasteiger partial charge in [-0.3, -0.25) is 4.90 Å². The van der Waals surface area contributed by atoms with Gasteiger partial charge in [0, 0.05) is 38.4 Å². The first kappa shape index (κ1) is 19.7. The molecule has 0 fully saturated rings. The third-order valence-corrected chi connectivity index (χ3v) is 5.65. The van der Waals surface area contributed by atoms with Crippen molar-refractivity contribution >= 4 is 15.8 Å². The quantitative estimate of drug-likeness (QED) is 0.591. The Morgan fingerprint density at radius 1 is 1.40 bits per heavy atom. The molecule has 0 unspecified atom stereocenters. The molecule has 0 bridgehead atoms. The van der Waals surface area contributed by atoms with Gasteiger partial charge >= 0.3 is 12.1 Å². The van der Waals surface area contributed by atoms with Gasteiger partial charge in [0.05, 0.1) is 18.6 Å². The number of carbonyl (C=O) groups excluding carboxylic acids is 1. The fourth-order valence-corrected chi connectivity index (χ4v) is 4.58. The Hall–Kier alpha value is -1.59. The smallest absolute Gasteiger partial charge is 0.401 e. The molecule has 2 heterocycles. The van der Waals surface area contributed by atoms with Crippen LogP contribution in [0.1, 0.15) is 16.1 Å². The summed E-state index contributed by atoms with van der Waals surface area (Å²) in [5.41, 5.74) is 0.568. The summed E-state index contributed by atoms with van der Waals surface area (Å²) in [5, 5.41) is 2.24. The molecule has 2 rings (SSSR count). The topological polar surface area (TPSA) is 80.6 Å². The van der Waals surface area contributed by atoms with Gasteiger partial charge in [-0.05, 0) is 6.42 Å². The maximum absolute atomic E-state index is 12.6. The summed E-state index contributed by atoms with van der Waals surface area (Å²) in [7, 11) is -0.911. The lowest BCUT2D eigenvalue weighted by molar-refractivity contribution is -0.124. The lowest BCUT2D eigenvalue weighted by Crippen LogP contribution is -2.38. The predicted octanol–water partition coefficient (Wildman–Crippen LogP) is 0.553. The Balaban J connectivity index is 2.12. The fraction of sp³-hybridized carbons (Fsp3) is 0.643. The standard InChI is InChI=1S/C14H20F3N3O4S/c1-19-7-11-10(12(19)13(21)24-2)3-5-20(9-25(11,22)23)6-4-18-8-14(15,16)17/h7,18H,3-6,8-9H2,1-2H3. The number of ether oxygens (including phenoxy) is 1. The number of aryl methyl sites for hydroxylation is 1. The second kappa shape index (κ2) is 7.34. The van der Waals surface area contributed by atoms with Crippen LogP contribution >= 0.6 is 0 Å². The molecule has 1 aliphatic heterocycles. The van der Waals surface area contributed by atoms with E-state index in [0.29, 0.717) is 18.5 Å². The number of methoxy groups -OCH3 is 1. The van der Waals surface area contributed by atoms with Gasteiger partial charge in [0.2, 0.25) is 0 Å². The monoisotopic (exact) mass is 383 g/mol. The van der Waals surface area contributed by atoms with Crippen molar-refractivity contribution in [3.63, 3.8) is 0 Å². The number of sulfone groups is 1. The normalized spacial score (nSPS) is 17.8. The maximum atomic E-state index is 12.6. The highest BCUT2D eigenvalue weighted by Gasteiger charge is 2.32. The molecule has 1 aromatic heterocycles. The Labute approximate surface area is 143 Å². The number of fused-ring (bicyclic) bond motifs is 1. The maximum Gasteiger partial charge on any atom is 0.401 e. The van der Waals surface area contributed by atoms with Gasteiger partial charge in [-0.15, -0.1) is 0 Å². The van der Waals surface area contributed by atoms with Crippen molar-refractivity contribution in [2.24, 2.45) is 7.05 Å². The van der Waals surface area contributed by atoms with E-state index < -0.39 is 28.5 Å². The zero-order chi connectivity index (χ0) is 18.8. The van der Waals surface area contributed by atoms with E-state index in [2.05, 4.69) is 5.32 Å². The first-order valence-electron chi connectivity index (χ1n) is 7.54. The van der Waals surface area contributed by atoms with Crippen molar-refractivity contribution in [1.29, 1.82) is 0 Å². The van der Waals surface area contributed by atoms with Gasteiger partial charge in [0.25, 0.3) is 0 Å². The van der Waals surface area contributed by atoms with Gasteiger partial charge in [0.1, 0.15) is 11.6 Å².